The molecule has 7 nitrogen and oxygen atoms in total. The van der Waals surface area contributed by atoms with Gasteiger partial charge in [0.05, 0.1) is 18.8 Å². The molecule has 3 fully saturated rings. The molecule has 1 N–H and O–H groups in total. The van der Waals surface area contributed by atoms with Crippen molar-refractivity contribution in [3.8, 4) is 0 Å². The number of rotatable bonds is 5. The maximum Gasteiger partial charge on any atom is 0.193 e. The van der Waals surface area contributed by atoms with Gasteiger partial charge in [0, 0.05) is 72.0 Å². The number of nitrogens with one attached hydrogen (secondary N) is 1. The largest absolute Gasteiger partial charge is 0.373 e. The van der Waals surface area contributed by atoms with Crippen LogP contribution in [0.25, 0.3) is 0 Å². The second-order valence-electron chi connectivity index (χ2n) is 8.95. The first-order valence-electron chi connectivity index (χ1n) is 11.4. The summed E-state index contributed by atoms with van der Waals surface area (Å²) in [5, 5.41) is 3.64. The highest BCUT2D eigenvalue weighted by Gasteiger charge is 2.41. The van der Waals surface area contributed by atoms with Crippen molar-refractivity contribution < 1.29 is 4.74 Å². The van der Waals surface area contributed by atoms with Crippen molar-refractivity contribution in [2.45, 2.75) is 31.7 Å². The molecule has 1 aromatic rings. The van der Waals surface area contributed by atoms with Crippen LogP contribution in [0, 0.1) is 0 Å². The molecule has 0 saturated carbocycles. The quantitative estimate of drug-likeness (QED) is 0.345. The second kappa shape index (κ2) is 11.8. The van der Waals surface area contributed by atoms with E-state index in [-0.39, 0.29) is 30.1 Å². The Labute approximate surface area is 204 Å². The molecule has 0 aliphatic carbocycles. The van der Waals surface area contributed by atoms with Crippen LogP contribution in [-0.2, 0) is 11.3 Å². The zero-order valence-corrected chi connectivity index (χ0v) is 21.6. The standard InChI is InChI=1S/C23H38N6O.HI/c1-19(27-11-9-26(3)10-12-27)15-25-23(24-2)29-17-21-22(18-29)30-14-13-28(21)16-20-7-5-4-6-8-20;/h4-8,19,21-22H,9-18H2,1-3H3,(H,24,25);1H. The van der Waals surface area contributed by atoms with E-state index in [1.165, 1.54) is 5.56 Å². The summed E-state index contributed by atoms with van der Waals surface area (Å²) in [7, 11) is 4.10. The number of aliphatic imine (C=N–C) groups is 1. The van der Waals surface area contributed by atoms with Gasteiger partial charge in [-0.1, -0.05) is 30.3 Å². The highest BCUT2D eigenvalue weighted by atomic mass is 127. The Morgan fingerprint density at radius 3 is 2.58 bits per heavy atom. The molecule has 4 rings (SSSR count). The summed E-state index contributed by atoms with van der Waals surface area (Å²) in [5.41, 5.74) is 1.38. The number of nitrogens with zero attached hydrogens (tertiary/aromatic N) is 5. The lowest BCUT2D eigenvalue weighted by Crippen LogP contribution is -2.52. The van der Waals surface area contributed by atoms with Gasteiger partial charge < -0.3 is 19.9 Å². The summed E-state index contributed by atoms with van der Waals surface area (Å²) >= 11 is 0. The zero-order valence-electron chi connectivity index (χ0n) is 19.2. The van der Waals surface area contributed by atoms with Crippen LogP contribution in [0.1, 0.15) is 12.5 Å². The van der Waals surface area contributed by atoms with E-state index in [1.54, 1.807) is 0 Å². The molecule has 8 heteroatoms. The molecule has 3 unspecified atom stereocenters. The number of morpholine rings is 1. The van der Waals surface area contributed by atoms with Crippen LogP contribution in [0.2, 0.25) is 0 Å². The van der Waals surface area contributed by atoms with E-state index in [4.69, 9.17) is 4.74 Å². The van der Waals surface area contributed by atoms with Gasteiger partial charge in [-0.25, -0.2) is 0 Å². The predicted molar refractivity (Wildman–Crippen MR) is 137 cm³/mol. The normalized spacial score (nSPS) is 26.9. The van der Waals surface area contributed by atoms with Crippen LogP contribution < -0.4 is 5.32 Å². The highest BCUT2D eigenvalue weighted by molar-refractivity contribution is 14.0. The molecule has 3 aliphatic heterocycles. The molecule has 1 aromatic carbocycles. The number of benzene rings is 1. The highest BCUT2D eigenvalue weighted by Crippen LogP contribution is 2.24. The van der Waals surface area contributed by atoms with Gasteiger partial charge in [-0.15, -0.1) is 24.0 Å². The smallest absolute Gasteiger partial charge is 0.193 e. The van der Waals surface area contributed by atoms with Crippen molar-refractivity contribution in [2.75, 3.05) is 73.1 Å². The fourth-order valence-electron chi connectivity index (χ4n) is 4.91. The number of likely N-dealkylation sites (tertiary alicyclic amines) is 1. The van der Waals surface area contributed by atoms with Gasteiger partial charge in [-0.05, 0) is 19.5 Å². The first-order chi connectivity index (χ1) is 14.6. The molecule has 174 valence electrons. The fraction of sp³-hybridized carbons (Fsp3) is 0.696. The number of halogens is 1. The van der Waals surface area contributed by atoms with Gasteiger partial charge >= 0.3 is 0 Å². The predicted octanol–water partition coefficient (Wildman–Crippen LogP) is 1.40. The molecule has 3 saturated heterocycles. The van der Waals surface area contributed by atoms with Crippen molar-refractivity contribution in [3.63, 3.8) is 0 Å². The first kappa shape index (κ1) is 24.7. The third-order valence-corrected chi connectivity index (χ3v) is 6.87. The van der Waals surface area contributed by atoms with E-state index >= 15 is 0 Å². The Hall–Kier alpha value is -0.940. The van der Waals surface area contributed by atoms with Crippen molar-refractivity contribution in [1.29, 1.82) is 0 Å². The van der Waals surface area contributed by atoms with Crippen molar-refractivity contribution >= 4 is 29.9 Å². The van der Waals surface area contributed by atoms with Gasteiger partial charge in [0.1, 0.15) is 0 Å². The maximum absolute atomic E-state index is 6.15. The van der Waals surface area contributed by atoms with E-state index in [0.717, 1.165) is 71.5 Å². The van der Waals surface area contributed by atoms with Gasteiger partial charge in [0.25, 0.3) is 0 Å². The molecule has 0 radical (unpaired) electrons. The lowest BCUT2D eigenvalue weighted by molar-refractivity contribution is -0.0502. The Morgan fingerprint density at radius 2 is 1.87 bits per heavy atom. The van der Waals surface area contributed by atoms with Crippen molar-refractivity contribution in [1.82, 2.24) is 24.9 Å². The summed E-state index contributed by atoms with van der Waals surface area (Å²) in [6, 6.07) is 11.7. The van der Waals surface area contributed by atoms with Gasteiger partial charge in [-0.2, -0.15) is 0 Å². The minimum absolute atomic E-state index is 0. The second-order valence-corrected chi connectivity index (χ2v) is 8.95. The lowest BCUT2D eigenvalue weighted by Gasteiger charge is -2.37. The van der Waals surface area contributed by atoms with E-state index in [0.29, 0.717) is 12.1 Å². The third-order valence-electron chi connectivity index (χ3n) is 6.87. The summed E-state index contributed by atoms with van der Waals surface area (Å²) in [6.07, 6.45) is 0.260. The molecule has 0 spiro atoms. The number of hydrogen-bond acceptors (Lipinski definition) is 5. The Kier molecular flexibility index (Phi) is 9.39. The first-order valence-corrected chi connectivity index (χ1v) is 11.4. The summed E-state index contributed by atoms with van der Waals surface area (Å²) in [6.45, 7) is 12.5. The fourth-order valence-corrected chi connectivity index (χ4v) is 4.91. The minimum atomic E-state index is 0. The molecule has 3 heterocycles. The Morgan fingerprint density at radius 1 is 1.13 bits per heavy atom. The molecule has 3 atom stereocenters. The molecule has 0 aromatic heterocycles. The third kappa shape index (κ3) is 6.31. The van der Waals surface area contributed by atoms with E-state index in [9.17, 15) is 0 Å². The number of fused-ring (bicyclic) bond motifs is 1. The molecule has 0 amide bonds. The number of likely N-dealkylation sites (N-methyl/N-ethyl adjacent to an activating group) is 1. The van der Waals surface area contributed by atoms with Gasteiger partial charge in [0.15, 0.2) is 5.96 Å². The van der Waals surface area contributed by atoms with Crippen LogP contribution in [0.15, 0.2) is 35.3 Å². The zero-order chi connectivity index (χ0) is 20.9. The van der Waals surface area contributed by atoms with Gasteiger partial charge in [-0.3, -0.25) is 14.8 Å². The van der Waals surface area contributed by atoms with Crippen LogP contribution in [0.4, 0.5) is 0 Å². The number of ether oxygens (including phenoxy) is 1. The number of guanidine groups is 1. The van der Waals surface area contributed by atoms with Crippen LogP contribution >= 0.6 is 24.0 Å². The molecular weight excluding hydrogens is 503 g/mol. The molecular formula is C23H39IN6O. The lowest BCUT2D eigenvalue weighted by atomic mass is 10.1. The van der Waals surface area contributed by atoms with Crippen LogP contribution in [0.3, 0.4) is 0 Å². The average molecular weight is 543 g/mol. The Bertz CT molecular complexity index is 697. The molecule has 31 heavy (non-hydrogen) atoms. The topological polar surface area (TPSA) is 46.6 Å². The van der Waals surface area contributed by atoms with Crippen molar-refractivity contribution in [3.05, 3.63) is 35.9 Å². The number of piperazine rings is 1. The average Bonchev–Trinajstić information content (AvgIpc) is 3.20. The molecule has 3 aliphatic rings. The van der Waals surface area contributed by atoms with Crippen LogP contribution in [0.5, 0.6) is 0 Å². The maximum atomic E-state index is 6.15. The summed E-state index contributed by atoms with van der Waals surface area (Å²) in [4.78, 5) is 14.6. The van der Waals surface area contributed by atoms with Gasteiger partial charge in [0.2, 0.25) is 0 Å². The number of hydrogen-bond donors (Lipinski definition) is 1. The summed E-state index contributed by atoms with van der Waals surface area (Å²) < 4.78 is 6.15. The Balaban J connectivity index is 0.00000272. The minimum Gasteiger partial charge on any atom is -0.373 e. The van der Waals surface area contributed by atoms with E-state index in [1.807, 2.05) is 7.05 Å². The summed E-state index contributed by atoms with van der Waals surface area (Å²) in [5.74, 6) is 1.01. The molecule has 0 bridgehead atoms. The van der Waals surface area contributed by atoms with E-state index < -0.39 is 0 Å². The monoisotopic (exact) mass is 542 g/mol. The van der Waals surface area contributed by atoms with Crippen molar-refractivity contribution in [2.24, 2.45) is 4.99 Å². The van der Waals surface area contributed by atoms with Crippen LogP contribution in [-0.4, -0.2) is 117 Å². The van der Waals surface area contributed by atoms with E-state index in [2.05, 4.69) is 74.2 Å². The SMILES string of the molecule is CN=C(NCC(C)N1CCN(C)CC1)N1CC2OCCN(Cc3ccccc3)C2C1.I.